The molecule has 0 fully saturated rings. The van der Waals surface area contributed by atoms with Crippen molar-refractivity contribution in [2.24, 2.45) is 16.2 Å². The van der Waals surface area contributed by atoms with E-state index in [0.29, 0.717) is 57.2 Å². The van der Waals surface area contributed by atoms with Crippen LogP contribution < -0.4 is 5.32 Å². The molecular weight excluding hydrogens is 590 g/mol. The van der Waals surface area contributed by atoms with Crippen LogP contribution in [0, 0.1) is 16.2 Å². The first-order chi connectivity index (χ1) is 20.8. The number of aliphatic hydroxyl groups is 5. The second kappa shape index (κ2) is 20.5. The zero-order chi connectivity index (χ0) is 34.3. The summed E-state index contributed by atoms with van der Waals surface area (Å²) >= 11 is 4.13. The first-order valence-corrected chi connectivity index (χ1v) is 18.1. The van der Waals surface area contributed by atoms with Gasteiger partial charge < -0.3 is 35.6 Å². The summed E-state index contributed by atoms with van der Waals surface area (Å²) in [6, 6.07) is 0. The molecule has 0 spiro atoms. The Morgan fingerprint density at radius 2 is 1.29 bits per heavy atom. The number of aliphatic hydroxyl groups excluding tert-OH is 5. The minimum Gasteiger partial charge on any atom is -0.442 e. The number of unbranched alkanes of at least 4 members (excludes halogenated alkanes) is 2. The molecule has 266 valence electrons. The molecule has 1 aliphatic rings. The Kier molecular flexibility index (Phi) is 19.2. The third-order valence-corrected chi connectivity index (χ3v) is 9.49. The Bertz CT molecular complexity index is 862. The highest BCUT2D eigenvalue weighted by atomic mass is 32.1. The number of carbonyl (C=O) groups is 1. The molecule has 8 nitrogen and oxygen atoms in total. The van der Waals surface area contributed by atoms with Gasteiger partial charge in [-0.05, 0) is 106 Å². The van der Waals surface area contributed by atoms with E-state index in [1.165, 1.54) is 0 Å². The third-order valence-electron chi connectivity index (χ3n) is 9.23. The van der Waals surface area contributed by atoms with Gasteiger partial charge in [-0.3, -0.25) is 0 Å². The van der Waals surface area contributed by atoms with Gasteiger partial charge in [0.25, 0.3) is 0 Å². The van der Waals surface area contributed by atoms with Crippen molar-refractivity contribution in [2.75, 3.05) is 6.54 Å². The molecule has 9 heteroatoms. The molecule has 6 N–H and O–H groups in total. The number of nitrogens with one attached hydrogen (secondary N) is 1. The van der Waals surface area contributed by atoms with E-state index >= 15 is 0 Å². The molecule has 0 radical (unpaired) electrons. The molecule has 6 atom stereocenters. The number of carbonyl (C=O) groups excluding carboxylic acids is 1. The van der Waals surface area contributed by atoms with Crippen LogP contribution in [-0.4, -0.2) is 74.0 Å². The number of ether oxygens (including phenoxy) is 1. The fraction of sp³-hybridized carbons (Fsp3) is 0.917. The van der Waals surface area contributed by atoms with Gasteiger partial charge in [0.1, 0.15) is 5.70 Å². The highest BCUT2D eigenvalue weighted by Gasteiger charge is 2.33. The largest absolute Gasteiger partial charge is 0.442 e. The fourth-order valence-electron chi connectivity index (χ4n) is 6.91. The molecule has 1 rings (SSSR count). The molecule has 0 saturated heterocycles. The zero-order valence-electron chi connectivity index (χ0n) is 29.6. The number of esters is 1. The first kappa shape index (κ1) is 42.2. The number of hydrogen-bond donors (Lipinski definition) is 7. The molecule has 0 aliphatic carbocycles. The van der Waals surface area contributed by atoms with Gasteiger partial charge >= 0.3 is 5.97 Å². The van der Waals surface area contributed by atoms with E-state index in [9.17, 15) is 30.3 Å². The lowest BCUT2D eigenvalue weighted by Gasteiger charge is -2.38. The van der Waals surface area contributed by atoms with Crippen LogP contribution in [0.2, 0.25) is 0 Å². The van der Waals surface area contributed by atoms with Crippen molar-refractivity contribution in [3.8, 4) is 0 Å². The third kappa shape index (κ3) is 19.5. The van der Waals surface area contributed by atoms with Crippen molar-refractivity contribution < 1.29 is 35.1 Å². The van der Waals surface area contributed by atoms with Crippen LogP contribution in [-0.2, 0) is 9.53 Å². The van der Waals surface area contributed by atoms with Crippen molar-refractivity contribution in [1.82, 2.24) is 5.32 Å². The Balaban J connectivity index is 2.24. The van der Waals surface area contributed by atoms with Crippen molar-refractivity contribution in [3.63, 3.8) is 0 Å². The van der Waals surface area contributed by atoms with Crippen molar-refractivity contribution >= 4 is 18.6 Å². The maximum absolute atomic E-state index is 11.7. The van der Waals surface area contributed by atoms with Gasteiger partial charge in [0.2, 0.25) is 0 Å². The van der Waals surface area contributed by atoms with Crippen LogP contribution in [0.4, 0.5) is 0 Å². The summed E-state index contributed by atoms with van der Waals surface area (Å²) in [6.07, 6.45) is 11.0. The van der Waals surface area contributed by atoms with E-state index in [-0.39, 0.29) is 28.3 Å². The van der Waals surface area contributed by atoms with Gasteiger partial charge in [-0.25, -0.2) is 4.79 Å². The van der Waals surface area contributed by atoms with E-state index in [1.807, 2.05) is 0 Å². The number of thiol groups is 1. The van der Waals surface area contributed by atoms with Crippen LogP contribution >= 0.6 is 12.6 Å². The number of cyclic esters (lactones) is 1. The monoisotopic (exact) mass is 659 g/mol. The molecule has 45 heavy (non-hydrogen) atoms. The lowest BCUT2D eigenvalue weighted by molar-refractivity contribution is -0.137. The van der Waals surface area contributed by atoms with Crippen molar-refractivity contribution in [3.05, 3.63) is 11.8 Å². The van der Waals surface area contributed by atoms with Crippen LogP contribution in [0.15, 0.2) is 11.8 Å². The molecule has 1 heterocycles. The summed E-state index contributed by atoms with van der Waals surface area (Å²) in [7, 11) is 0. The summed E-state index contributed by atoms with van der Waals surface area (Å²) in [4.78, 5) is 11.7. The van der Waals surface area contributed by atoms with Gasteiger partial charge in [0, 0.05) is 6.54 Å². The summed E-state index contributed by atoms with van der Waals surface area (Å²) in [5.41, 5.74) is -0.269. The Labute approximate surface area is 280 Å². The number of hydrogen-bond acceptors (Lipinski definition) is 9. The molecule has 6 unspecified atom stereocenters. The number of rotatable bonds is 26. The molecule has 0 amide bonds. The lowest BCUT2D eigenvalue weighted by Crippen LogP contribution is -2.34. The van der Waals surface area contributed by atoms with E-state index in [0.717, 1.165) is 57.8 Å². The van der Waals surface area contributed by atoms with Gasteiger partial charge in [-0.2, -0.15) is 0 Å². The Morgan fingerprint density at radius 3 is 1.87 bits per heavy atom. The summed E-state index contributed by atoms with van der Waals surface area (Å²) in [6.45, 7) is 15.7. The Morgan fingerprint density at radius 1 is 0.733 bits per heavy atom. The maximum Gasteiger partial charge on any atom is 0.355 e. The van der Waals surface area contributed by atoms with Gasteiger partial charge in [-0.15, -0.1) is 12.6 Å². The van der Waals surface area contributed by atoms with E-state index < -0.39 is 29.9 Å². The van der Waals surface area contributed by atoms with Crippen LogP contribution in [0.3, 0.4) is 0 Å². The minimum atomic E-state index is -0.830. The van der Waals surface area contributed by atoms with Crippen molar-refractivity contribution in [2.45, 2.75) is 187 Å². The second-order valence-electron chi connectivity index (χ2n) is 16.1. The van der Waals surface area contributed by atoms with Crippen LogP contribution in [0.5, 0.6) is 0 Å². The Hall–Kier alpha value is -0.840. The van der Waals surface area contributed by atoms with E-state index in [1.54, 1.807) is 6.08 Å². The summed E-state index contributed by atoms with van der Waals surface area (Å²) in [5.74, 6) is -0.375. The molecule has 0 aromatic carbocycles. The van der Waals surface area contributed by atoms with Crippen LogP contribution in [0.1, 0.15) is 151 Å². The molecule has 1 aliphatic heterocycles. The molecule has 0 saturated carbocycles. The average molecular weight is 660 g/mol. The minimum absolute atomic E-state index is 0.00410. The summed E-state index contributed by atoms with van der Waals surface area (Å²) in [5, 5.41) is 55.9. The standard InChI is InChI=1S/C36H69NO7S/c1-8-9-10-13-28(40)23-35(4,5)25-36(6,7)24-31(42)30(41)17-12-16-26(38)14-11-15-27(39)18-19-34(2,3)20-21-37-29-22-32(45)44-33(29)43/h22,26-28,30-32,37-42,45H,8-21,23-25H2,1-7H3. The van der Waals surface area contributed by atoms with Gasteiger partial charge in [0.05, 0.1) is 30.5 Å². The SMILES string of the molecule is CCCCCC(O)CC(C)(C)CC(C)(C)CC(O)C(O)CCCC(O)CCCC(O)CCC(C)(C)CCNC1=CC(S)OC1=O. The summed E-state index contributed by atoms with van der Waals surface area (Å²) < 4.78 is 4.97. The van der Waals surface area contributed by atoms with Crippen molar-refractivity contribution in [1.29, 1.82) is 0 Å². The zero-order valence-corrected chi connectivity index (χ0v) is 30.5. The lowest BCUT2D eigenvalue weighted by atomic mass is 9.69. The highest BCUT2D eigenvalue weighted by Crippen LogP contribution is 2.41. The van der Waals surface area contributed by atoms with E-state index in [2.05, 4.69) is 66.4 Å². The topological polar surface area (TPSA) is 139 Å². The molecule has 0 aromatic rings. The second-order valence-corrected chi connectivity index (χ2v) is 16.6. The molecule has 0 bridgehead atoms. The van der Waals surface area contributed by atoms with Crippen LogP contribution in [0.25, 0.3) is 0 Å². The molecular formula is C36H69NO7S. The predicted molar refractivity (Wildman–Crippen MR) is 186 cm³/mol. The predicted octanol–water partition coefficient (Wildman–Crippen LogP) is 6.42. The maximum atomic E-state index is 11.7. The van der Waals surface area contributed by atoms with Gasteiger partial charge in [-0.1, -0.05) is 67.7 Å². The van der Waals surface area contributed by atoms with E-state index in [4.69, 9.17) is 4.74 Å². The normalized spacial score (nSPS) is 19.5. The quantitative estimate of drug-likeness (QED) is 0.0321. The van der Waals surface area contributed by atoms with Gasteiger partial charge in [0.15, 0.2) is 5.44 Å². The smallest absolute Gasteiger partial charge is 0.355 e. The molecule has 0 aromatic heterocycles. The first-order valence-electron chi connectivity index (χ1n) is 17.6. The fourth-order valence-corrected chi connectivity index (χ4v) is 7.16. The average Bonchev–Trinajstić information content (AvgIpc) is 3.22. The highest BCUT2D eigenvalue weighted by molar-refractivity contribution is 7.81.